The molecular weight excluding hydrogens is 151 g/mol. The first-order chi connectivity index (χ1) is 5.77. The zero-order chi connectivity index (χ0) is 9.23. The third kappa shape index (κ3) is 9.98. The van der Waals surface area contributed by atoms with Crippen molar-refractivity contribution in [3.05, 3.63) is 0 Å². The smallest absolute Gasteiger partial charge is 0.136 e. The van der Waals surface area contributed by atoms with Crippen LogP contribution in [-0.4, -0.2) is 33.1 Å². The maximum Gasteiger partial charge on any atom is 0.136 e. The Hall–Kier alpha value is -0.0151. The van der Waals surface area contributed by atoms with Crippen molar-refractivity contribution in [3.8, 4) is 0 Å². The Morgan fingerprint density at radius 1 is 0.917 bits per heavy atom. The molecule has 72 valence electrons. The molecule has 0 aromatic rings. The van der Waals surface area contributed by atoms with E-state index >= 15 is 0 Å². The summed E-state index contributed by atoms with van der Waals surface area (Å²) in [6, 6.07) is 0. The molecule has 0 atom stereocenters. The highest BCUT2D eigenvalue weighted by Crippen LogP contribution is 1.91. The molecule has 0 radical (unpaired) electrons. The van der Waals surface area contributed by atoms with Gasteiger partial charge in [0, 0.05) is 13.2 Å². The van der Waals surface area contributed by atoms with E-state index in [1.807, 2.05) is 0 Å². The number of hydrogen-bond acceptors (Lipinski definition) is 2. The average molecular weight is 172 g/mol. The number of ether oxygens (including phenoxy) is 2. The fourth-order valence-corrected chi connectivity index (χ4v) is 0.785. The van der Waals surface area contributed by atoms with Crippen molar-refractivity contribution in [3.63, 3.8) is 0 Å². The van der Waals surface area contributed by atoms with Crippen LogP contribution in [0.2, 0.25) is 20.0 Å². The summed E-state index contributed by atoms with van der Waals surface area (Å²) >= 11 is 0. The van der Waals surface area contributed by atoms with Crippen molar-refractivity contribution in [2.75, 3.05) is 26.4 Å². The zero-order valence-corrected chi connectivity index (χ0v) is 8.64. The SMILES string of the molecule is CCCOCCOCCB(C)C. The van der Waals surface area contributed by atoms with Crippen LogP contribution in [0.25, 0.3) is 0 Å². The summed E-state index contributed by atoms with van der Waals surface area (Å²) in [5, 5.41) is 0. The lowest BCUT2D eigenvalue weighted by Gasteiger charge is -2.05. The van der Waals surface area contributed by atoms with Gasteiger partial charge in [0.15, 0.2) is 0 Å². The van der Waals surface area contributed by atoms with Crippen LogP contribution in [0.5, 0.6) is 0 Å². The molecule has 0 fully saturated rings. The van der Waals surface area contributed by atoms with Crippen molar-refractivity contribution in [2.24, 2.45) is 0 Å². The molecule has 0 N–H and O–H groups in total. The molecule has 0 saturated heterocycles. The second-order valence-corrected chi connectivity index (χ2v) is 3.41. The van der Waals surface area contributed by atoms with Crippen molar-refractivity contribution in [2.45, 2.75) is 33.3 Å². The summed E-state index contributed by atoms with van der Waals surface area (Å²) in [6.45, 7) is 10.5. The molecule has 3 heteroatoms. The van der Waals surface area contributed by atoms with E-state index in [0.717, 1.165) is 45.9 Å². The first-order valence-electron chi connectivity index (χ1n) is 4.92. The molecule has 0 saturated carbocycles. The lowest BCUT2D eigenvalue weighted by Crippen LogP contribution is -2.09. The Morgan fingerprint density at radius 2 is 1.50 bits per heavy atom. The minimum absolute atomic E-state index is 0.738. The average Bonchev–Trinajstić information content (AvgIpc) is 2.02. The molecule has 0 amide bonds. The van der Waals surface area contributed by atoms with Crippen LogP contribution < -0.4 is 0 Å². The van der Waals surface area contributed by atoms with Crippen LogP contribution >= 0.6 is 0 Å². The summed E-state index contributed by atoms with van der Waals surface area (Å²) in [4.78, 5) is 0. The standard InChI is InChI=1S/C9H21BO2/c1-4-6-11-8-9-12-7-5-10(2)3/h4-9H2,1-3H3. The predicted molar refractivity (Wildman–Crippen MR) is 54.2 cm³/mol. The highest BCUT2D eigenvalue weighted by molar-refractivity contribution is 6.55. The Morgan fingerprint density at radius 3 is 2.00 bits per heavy atom. The molecule has 0 aliphatic carbocycles. The molecule has 0 rings (SSSR count). The van der Waals surface area contributed by atoms with Crippen LogP contribution in [0.1, 0.15) is 13.3 Å². The Labute approximate surface area is 76.7 Å². The van der Waals surface area contributed by atoms with Gasteiger partial charge in [-0.15, -0.1) is 0 Å². The zero-order valence-electron chi connectivity index (χ0n) is 8.64. The van der Waals surface area contributed by atoms with Gasteiger partial charge in [-0.25, -0.2) is 0 Å². The molecule has 0 spiro atoms. The molecular formula is C9H21BO2. The van der Waals surface area contributed by atoms with E-state index in [1.54, 1.807) is 0 Å². The Balaban J connectivity index is 2.82. The monoisotopic (exact) mass is 172 g/mol. The van der Waals surface area contributed by atoms with Gasteiger partial charge in [-0.1, -0.05) is 26.9 Å². The van der Waals surface area contributed by atoms with Gasteiger partial charge < -0.3 is 9.47 Å². The van der Waals surface area contributed by atoms with E-state index in [1.165, 1.54) is 0 Å². The van der Waals surface area contributed by atoms with Crippen molar-refractivity contribution in [1.29, 1.82) is 0 Å². The fourth-order valence-electron chi connectivity index (χ4n) is 0.785. The topological polar surface area (TPSA) is 18.5 Å². The van der Waals surface area contributed by atoms with Gasteiger partial charge in [0.25, 0.3) is 0 Å². The van der Waals surface area contributed by atoms with E-state index < -0.39 is 0 Å². The van der Waals surface area contributed by atoms with Crippen molar-refractivity contribution < 1.29 is 9.47 Å². The summed E-state index contributed by atoms with van der Waals surface area (Å²) in [7, 11) is 0. The molecule has 0 heterocycles. The highest BCUT2D eigenvalue weighted by atomic mass is 16.5. The maximum atomic E-state index is 5.37. The molecule has 12 heavy (non-hydrogen) atoms. The van der Waals surface area contributed by atoms with Gasteiger partial charge in [-0.3, -0.25) is 0 Å². The van der Waals surface area contributed by atoms with Crippen LogP contribution in [-0.2, 0) is 9.47 Å². The minimum atomic E-state index is 0.738. The lowest BCUT2D eigenvalue weighted by atomic mass is 9.52. The largest absolute Gasteiger partial charge is 0.380 e. The van der Waals surface area contributed by atoms with Crippen LogP contribution in [0.4, 0.5) is 0 Å². The lowest BCUT2D eigenvalue weighted by molar-refractivity contribution is 0.0530. The summed E-state index contributed by atoms with van der Waals surface area (Å²) in [6.07, 6.45) is 2.24. The van der Waals surface area contributed by atoms with Gasteiger partial charge in [-0.05, 0) is 6.42 Å². The van der Waals surface area contributed by atoms with E-state index in [2.05, 4.69) is 20.6 Å². The minimum Gasteiger partial charge on any atom is -0.380 e. The fraction of sp³-hybridized carbons (Fsp3) is 1.00. The van der Waals surface area contributed by atoms with E-state index in [9.17, 15) is 0 Å². The van der Waals surface area contributed by atoms with Crippen molar-refractivity contribution >= 4 is 6.71 Å². The predicted octanol–water partition coefficient (Wildman–Crippen LogP) is 2.18. The van der Waals surface area contributed by atoms with Gasteiger partial charge >= 0.3 is 0 Å². The number of rotatable bonds is 8. The molecule has 0 unspecified atom stereocenters. The molecule has 2 nitrogen and oxygen atoms in total. The summed E-state index contributed by atoms with van der Waals surface area (Å²) in [5.74, 6) is 0. The first kappa shape index (κ1) is 12.0. The Bertz CT molecular complexity index is 86.6. The molecule has 0 aromatic heterocycles. The van der Waals surface area contributed by atoms with Crippen LogP contribution in [0.15, 0.2) is 0 Å². The van der Waals surface area contributed by atoms with E-state index in [-0.39, 0.29) is 0 Å². The quantitative estimate of drug-likeness (QED) is 0.412. The maximum absolute atomic E-state index is 5.37. The van der Waals surface area contributed by atoms with Gasteiger partial charge in [-0.2, -0.15) is 0 Å². The Kier molecular flexibility index (Phi) is 9.06. The van der Waals surface area contributed by atoms with E-state index in [4.69, 9.17) is 9.47 Å². The number of hydrogen-bond donors (Lipinski definition) is 0. The van der Waals surface area contributed by atoms with Crippen LogP contribution in [0.3, 0.4) is 0 Å². The second kappa shape index (κ2) is 9.08. The van der Waals surface area contributed by atoms with Gasteiger partial charge in [0.05, 0.1) is 13.2 Å². The third-order valence-electron chi connectivity index (χ3n) is 1.56. The van der Waals surface area contributed by atoms with Gasteiger partial charge in [0.1, 0.15) is 6.71 Å². The normalized spacial score (nSPS) is 10.2. The first-order valence-corrected chi connectivity index (χ1v) is 4.92. The molecule has 0 aliphatic rings. The van der Waals surface area contributed by atoms with E-state index in [0.29, 0.717) is 0 Å². The summed E-state index contributed by atoms with van der Waals surface area (Å²) < 4.78 is 10.6. The van der Waals surface area contributed by atoms with Gasteiger partial charge in [0.2, 0.25) is 0 Å². The highest BCUT2D eigenvalue weighted by Gasteiger charge is 1.96. The van der Waals surface area contributed by atoms with Crippen molar-refractivity contribution in [1.82, 2.24) is 0 Å². The van der Waals surface area contributed by atoms with Crippen LogP contribution in [0, 0.1) is 0 Å². The molecule has 0 aliphatic heterocycles. The third-order valence-corrected chi connectivity index (χ3v) is 1.56. The summed E-state index contributed by atoms with van der Waals surface area (Å²) in [5.41, 5.74) is 0. The molecule has 0 bridgehead atoms. The second-order valence-electron chi connectivity index (χ2n) is 3.41. The molecule has 0 aromatic carbocycles.